The van der Waals surface area contributed by atoms with Gasteiger partial charge in [0.15, 0.2) is 0 Å². The van der Waals surface area contributed by atoms with Gasteiger partial charge in [-0.2, -0.15) is 0 Å². The Bertz CT molecular complexity index is 711. The van der Waals surface area contributed by atoms with Crippen LogP contribution >= 0.6 is 11.3 Å². The predicted molar refractivity (Wildman–Crippen MR) is 77.3 cm³/mol. The first-order chi connectivity index (χ1) is 10.2. The molecule has 3 rings (SSSR count). The van der Waals surface area contributed by atoms with Crippen LogP contribution < -0.4 is 5.56 Å². The minimum absolute atomic E-state index is 0.145. The van der Waals surface area contributed by atoms with E-state index in [-0.39, 0.29) is 18.1 Å². The van der Waals surface area contributed by atoms with Crippen LogP contribution in [0.2, 0.25) is 0 Å². The minimum Gasteiger partial charge on any atom is -0.468 e. The summed E-state index contributed by atoms with van der Waals surface area (Å²) >= 11 is 1.36. The molecule has 1 aliphatic rings. The van der Waals surface area contributed by atoms with Gasteiger partial charge in [-0.05, 0) is 11.4 Å². The van der Waals surface area contributed by atoms with E-state index in [0.29, 0.717) is 35.7 Å². The van der Waals surface area contributed by atoms with Crippen LogP contribution in [0, 0.1) is 0 Å². The van der Waals surface area contributed by atoms with Gasteiger partial charge in [0.2, 0.25) is 0 Å². The predicted octanol–water partition coefficient (Wildman–Crippen LogP) is 0.358. The van der Waals surface area contributed by atoms with Crippen molar-refractivity contribution in [3.05, 3.63) is 27.6 Å². The van der Waals surface area contributed by atoms with E-state index in [0.717, 1.165) is 0 Å². The van der Waals surface area contributed by atoms with E-state index in [1.54, 1.807) is 0 Å². The first kappa shape index (κ1) is 14.2. The molecular weight excluding hydrogens is 294 g/mol. The van der Waals surface area contributed by atoms with Crippen molar-refractivity contribution in [2.75, 3.05) is 26.9 Å². The van der Waals surface area contributed by atoms with Gasteiger partial charge in [-0.15, -0.1) is 11.3 Å². The third kappa shape index (κ3) is 2.82. The third-order valence-electron chi connectivity index (χ3n) is 3.43. The van der Waals surface area contributed by atoms with Crippen LogP contribution in [0.4, 0.5) is 0 Å². The topological polar surface area (TPSA) is 84.5 Å². The molecule has 112 valence electrons. The normalized spacial score (nSPS) is 19.8. The highest BCUT2D eigenvalue weighted by molar-refractivity contribution is 7.17. The molecule has 0 aliphatic carbocycles. The Kier molecular flexibility index (Phi) is 4.00. The summed E-state index contributed by atoms with van der Waals surface area (Å²) < 4.78 is 10.7. The molecule has 1 unspecified atom stereocenters. The Morgan fingerprint density at radius 2 is 2.52 bits per heavy atom. The molecule has 1 fully saturated rings. The highest BCUT2D eigenvalue weighted by atomic mass is 32.1. The quantitative estimate of drug-likeness (QED) is 0.824. The van der Waals surface area contributed by atoms with Crippen LogP contribution in [-0.4, -0.2) is 53.7 Å². The number of esters is 1. The number of H-pyrrole nitrogens is 1. The number of nitrogens with zero attached hydrogens (tertiary/aromatic N) is 2. The average molecular weight is 309 g/mol. The molecule has 3 heterocycles. The fraction of sp³-hybridized carbons (Fsp3) is 0.462. The van der Waals surface area contributed by atoms with Crippen LogP contribution in [0.1, 0.15) is 5.82 Å². The van der Waals surface area contributed by atoms with E-state index in [1.807, 2.05) is 16.3 Å². The summed E-state index contributed by atoms with van der Waals surface area (Å²) in [6.45, 7) is 1.80. The monoisotopic (exact) mass is 309 g/mol. The molecule has 1 aliphatic heterocycles. The zero-order valence-corrected chi connectivity index (χ0v) is 12.3. The highest BCUT2D eigenvalue weighted by Crippen LogP contribution is 2.16. The van der Waals surface area contributed by atoms with Crippen molar-refractivity contribution >= 4 is 27.5 Å². The van der Waals surface area contributed by atoms with Crippen molar-refractivity contribution in [1.29, 1.82) is 0 Å². The Balaban J connectivity index is 1.85. The molecule has 1 atom stereocenters. The number of hydrogen-bond donors (Lipinski definition) is 1. The minimum atomic E-state index is -0.466. The van der Waals surface area contributed by atoms with Gasteiger partial charge in [-0.25, -0.2) is 4.98 Å². The van der Waals surface area contributed by atoms with Gasteiger partial charge in [0.25, 0.3) is 5.56 Å². The van der Waals surface area contributed by atoms with Crippen molar-refractivity contribution in [2.24, 2.45) is 0 Å². The fourth-order valence-corrected chi connectivity index (χ4v) is 3.09. The van der Waals surface area contributed by atoms with Crippen molar-refractivity contribution in [3.63, 3.8) is 0 Å². The first-order valence-corrected chi connectivity index (χ1v) is 7.43. The van der Waals surface area contributed by atoms with Gasteiger partial charge < -0.3 is 14.5 Å². The summed E-state index contributed by atoms with van der Waals surface area (Å²) in [5, 5.41) is 1.84. The Labute approximate surface area is 124 Å². The van der Waals surface area contributed by atoms with Gasteiger partial charge in [0.1, 0.15) is 16.6 Å². The van der Waals surface area contributed by atoms with Crippen molar-refractivity contribution in [2.45, 2.75) is 12.6 Å². The summed E-state index contributed by atoms with van der Waals surface area (Å²) in [5.74, 6) is 0.204. The number of aromatic amines is 1. The summed E-state index contributed by atoms with van der Waals surface area (Å²) in [5.41, 5.74) is 0.537. The largest absolute Gasteiger partial charge is 0.468 e. The zero-order valence-electron chi connectivity index (χ0n) is 11.5. The third-order valence-corrected chi connectivity index (χ3v) is 4.33. The van der Waals surface area contributed by atoms with Gasteiger partial charge >= 0.3 is 5.97 Å². The second kappa shape index (κ2) is 5.92. The zero-order chi connectivity index (χ0) is 14.8. The van der Waals surface area contributed by atoms with Gasteiger partial charge in [-0.3, -0.25) is 14.5 Å². The molecule has 1 N–H and O–H groups in total. The van der Waals surface area contributed by atoms with Gasteiger partial charge in [0, 0.05) is 6.54 Å². The number of rotatable bonds is 3. The lowest BCUT2D eigenvalue weighted by molar-refractivity contribution is -0.153. The Morgan fingerprint density at radius 3 is 3.33 bits per heavy atom. The number of fused-ring (bicyclic) bond motifs is 1. The molecule has 2 aromatic heterocycles. The molecule has 0 spiro atoms. The summed E-state index contributed by atoms with van der Waals surface area (Å²) in [6, 6.07) is 1.35. The molecule has 0 saturated carbocycles. The molecular formula is C13H15N3O4S. The van der Waals surface area contributed by atoms with Gasteiger partial charge in [0.05, 0.1) is 32.4 Å². The smallest absolute Gasteiger partial charge is 0.325 e. The van der Waals surface area contributed by atoms with Crippen LogP contribution in [0.5, 0.6) is 0 Å². The van der Waals surface area contributed by atoms with Crippen molar-refractivity contribution in [1.82, 2.24) is 14.9 Å². The molecule has 7 nitrogen and oxygen atoms in total. The molecule has 0 bridgehead atoms. The number of hydrogen-bond acceptors (Lipinski definition) is 7. The maximum atomic E-state index is 12.0. The van der Waals surface area contributed by atoms with E-state index in [1.165, 1.54) is 18.4 Å². The number of ether oxygens (including phenoxy) is 2. The molecule has 21 heavy (non-hydrogen) atoms. The highest BCUT2D eigenvalue weighted by Gasteiger charge is 2.30. The van der Waals surface area contributed by atoms with E-state index >= 15 is 0 Å². The number of carbonyl (C=O) groups excluding carboxylic acids is 1. The van der Waals surface area contributed by atoms with Crippen LogP contribution in [-0.2, 0) is 20.8 Å². The molecule has 0 amide bonds. The van der Waals surface area contributed by atoms with Crippen LogP contribution in [0.15, 0.2) is 16.2 Å². The van der Waals surface area contributed by atoms with E-state index < -0.39 is 6.04 Å². The number of nitrogens with one attached hydrogen (secondary N) is 1. The lowest BCUT2D eigenvalue weighted by atomic mass is 10.2. The number of morpholine rings is 1. The summed E-state index contributed by atoms with van der Waals surface area (Å²) in [7, 11) is 1.35. The number of aromatic nitrogens is 2. The number of thiophene rings is 1. The summed E-state index contributed by atoms with van der Waals surface area (Å²) in [4.78, 5) is 32.8. The van der Waals surface area contributed by atoms with Crippen molar-refractivity contribution in [3.8, 4) is 0 Å². The lowest BCUT2D eigenvalue weighted by Crippen LogP contribution is -2.50. The average Bonchev–Trinajstić information content (AvgIpc) is 2.96. The van der Waals surface area contributed by atoms with Gasteiger partial charge in [-0.1, -0.05) is 0 Å². The Hall–Kier alpha value is -1.77. The number of carbonyl (C=O) groups is 1. The standard InChI is InChI=1S/C13H15N3O4S/c1-19-13(18)9-7-20-4-3-16(9)6-10-14-8-2-5-21-11(8)12(17)15-10/h2,5,9H,3-4,6-7H2,1H3,(H,14,15,17). The maximum absolute atomic E-state index is 12.0. The molecule has 8 heteroatoms. The molecule has 2 aromatic rings. The van der Waals surface area contributed by atoms with Crippen LogP contribution in [0.3, 0.4) is 0 Å². The lowest BCUT2D eigenvalue weighted by Gasteiger charge is -2.32. The number of methoxy groups -OCH3 is 1. The van der Waals surface area contributed by atoms with E-state index in [2.05, 4.69) is 9.97 Å². The van der Waals surface area contributed by atoms with Crippen molar-refractivity contribution < 1.29 is 14.3 Å². The molecule has 1 saturated heterocycles. The molecule has 0 radical (unpaired) electrons. The van der Waals surface area contributed by atoms with E-state index in [9.17, 15) is 9.59 Å². The Morgan fingerprint density at radius 1 is 1.67 bits per heavy atom. The second-order valence-electron chi connectivity index (χ2n) is 4.73. The molecule has 0 aromatic carbocycles. The SMILES string of the molecule is COC(=O)C1COCCN1Cc1nc2ccsc2c(=O)[nH]1. The second-order valence-corrected chi connectivity index (χ2v) is 5.65. The van der Waals surface area contributed by atoms with E-state index in [4.69, 9.17) is 9.47 Å². The summed E-state index contributed by atoms with van der Waals surface area (Å²) in [6.07, 6.45) is 0. The maximum Gasteiger partial charge on any atom is 0.325 e. The van der Waals surface area contributed by atoms with Crippen LogP contribution in [0.25, 0.3) is 10.2 Å². The fourth-order valence-electron chi connectivity index (χ4n) is 2.37. The first-order valence-electron chi connectivity index (χ1n) is 6.55.